The fraction of sp³-hybridized carbons (Fsp3) is 0.350. The van der Waals surface area contributed by atoms with Crippen molar-refractivity contribution in [3.05, 3.63) is 52.8 Å². The van der Waals surface area contributed by atoms with Gasteiger partial charge in [0.25, 0.3) is 0 Å². The van der Waals surface area contributed by atoms with Crippen LogP contribution in [-0.4, -0.2) is 19.3 Å². The predicted octanol–water partition coefficient (Wildman–Crippen LogP) is 4.15. The Labute approximate surface area is 145 Å². The van der Waals surface area contributed by atoms with Gasteiger partial charge in [-0.3, -0.25) is 0 Å². The number of nitriles is 1. The molecule has 2 aromatic rings. The van der Waals surface area contributed by atoms with Gasteiger partial charge in [-0.1, -0.05) is 0 Å². The van der Waals surface area contributed by atoms with Gasteiger partial charge in [0, 0.05) is 18.1 Å². The Balaban J connectivity index is 1.61. The van der Waals surface area contributed by atoms with Crippen molar-refractivity contribution < 1.29 is 18.6 Å². The number of halogens is 1. The average Bonchev–Trinajstić information content (AvgIpc) is 3.30. The highest BCUT2D eigenvalue weighted by molar-refractivity contribution is 5.50. The van der Waals surface area contributed by atoms with Gasteiger partial charge in [0.1, 0.15) is 35.2 Å². The van der Waals surface area contributed by atoms with Crippen LogP contribution in [0.4, 0.5) is 4.39 Å². The van der Waals surface area contributed by atoms with Crippen molar-refractivity contribution in [2.45, 2.75) is 31.8 Å². The van der Waals surface area contributed by atoms with Crippen LogP contribution in [0, 0.1) is 17.1 Å². The third-order valence-corrected chi connectivity index (χ3v) is 4.67. The number of nitrogens with zero attached hydrogens (tertiary/aromatic N) is 1. The van der Waals surface area contributed by atoms with Crippen LogP contribution < -0.4 is 9.47 Å². The lowest BCUT2D eigenvalue weighted by Crippen LogP contribution is -2.16. The van der Waals surface area contributed by atoms with E-state index < -0.39 is 0 Å². The summed E-state index contributed by atoms with van der Waals surface area (Å²) >= 11 is 0. The van der Waals surface area contributed by atoms with Crippen LogP contribution in [0.3, 0.4) is 0 Å². The molecule has 1 atom stereocenters. The zero-order chi connectivity index (χ0) is 17.2. The first kappa shape index (κ1) is 15.9. The number of ether oxygens (including phenoxy) is 3. The Hall–Kier alpha value is -2.58. The van der Waals surface area contributed by atoms with Crippen LogP contribution in [0.5, 0.6) is 17.2 Å². The summed E-state index contributed by atoms with van der Waals surface area (Å²) in [7, 11) is 0. The van der Waals surface area contributed by atoms with Gasteiger partial charge in [0.05, 0.1) is 18.8 Å². The zero-order valence-electron chi connectivity index (χ0n) is 13.8. The Morgan fingerprint density at radius 2 is 2.00 bits per heavy atom. The summed E-state index contributed by atoms with van der Waals surface area (Å²) in [4.78, 5) is 0. The van der Waals surface area contributed by atoms with E-state index in [0.29, 0.717) is 36.0 Å². The Kier molecular flexibility index (Phi) is 4.29. The van der Waals surface area contributed by atoms with Crippen LogP contribution in [0.25, 0.3) is 0 Å². The van der Waals surface area contributed by atoms with Gasteiger partial charge in [-0.15, -0.1) is 0 Å². The van der Waals surface area contributed by atoms with Crippen LogP contribution in [0.15, 0.2) is 30.3 Å². The standard InChI is InChI=1S/C20H18FNO3/c21-18-6-7-19(17-3-1-2-16(17)18)24-14-5-4-13(11-22)20(10-14)25-15-8-9-23-12-15/h4-7,10,15H,1-3,8-9,12H2. The summed E-state index contributed by atoms with van der Waals surface area (Å²) in [5.74, 6) is 1.58. The van der Waals surface area contributed by atoms with E-state index in [2.05, 4.69) is 6.07 Å². The van der Waals surface area contributed by atoms with Crippen molar-refractivity contribution in [3.63, 3.8) is 0 Å². The molecule has 0 aromatic heterocycles. The van der Waals surface area contributed by atoms with Crippen molar-refractivity contribution in [1.82, 2.24) is 0 Å². The van der Waals surface area contributed by atoms with Crippen molar-refractivity contribution in [2.75, 3.05) is 13.2 Å². The summed E-state index contributed by atoms with van der Waals surface area (Å²) in [6, 6.07) is 10.4. The molecule has 0 N–H and O–H groups in total. The van der Waals surface area contributed by atoms with Crippen molar-refractivity contribution in [1.29, 1.82) is 5.26 Å². The lowest BCUT2D eigenvalue weighted by Gasteiger charge is -2.15. The second-order valence-corrected chi connectivity index (χ2v) is 6.33. The van der Waals surface area contributed by atoms with E-state index in [-0.39, 0.29) is 11.9 Å². The van der Waals surface area contributed by atoms with Crippen LogP contribution in [0.2, 0.25) is 0 Å². The number of hydrogen-bond acceptors (Lipinski definition) is 4. The average molecular weight is 339 g/mol. The Bertz CT molecular complexity index is 838. The third-order valence-electron chi connectivity index (χ3n) is 4.67. The molecule has 1 aliphatic heterocycles. The molecule has 0 saturated carbocycles. The second kappa shape index (κ2) is 6.73. The van der Waals surface area contributed by atoms with E-state index in [1.165, 1.54) is 6.07 Å². The molecule has 2 aliphatic rings. The molecule has 4 rings (SSSR count). The molecule has 5 heteroatoms. The minimum absolute atomic E-state index is 0.0441. The minimum Gasteiger partial charge on any atom is -0.486 e. The maximum atomic E-state index is 13.9. The number of hydrogen-bond donors (Lipinski definition) is 0. The zero-order valence-corrected chi connectivity index (χ0v) is 13.8. The molecular formula is C20H18FNO3. The van der Waals surface area contributed by atoms with Crippen molar-refractivity contribution in [2.24, 2.45) is 0 Å². The fourth-order valence-electron chi connectivity index (χ4n) is 3.39. The summed E-state index contributed by atoms with van der Waals surface area (Å²) in [5.41, 5.74) is 2.16. The first-order valence-corrected chi connectivity index (χ1v) is 8.51. The number of fused-ring (bicyclic) bond motifs is 1. The maximum Gasteiger partial charge on any atom is 0.141 e. The molecule has 25 heavy (non-hydrogen) atoms. The van der Waals surface area contributed by atoms with Crippen LogP contribution in [0.1, 0.15) is 29.5 Å². The molecule has 1 fully saturated rings. The van der Waals surface area contributed by atoms with E-state index in [1.54, 1.807) is 24.3 Å². The number of benzene rings is 2. The van der Waals surface area contributed by atoms with Crippen LogP contribution >= 0.6 is 0 Å². The van der Waals surface area contributed by atoms with Crippen molar-refractivity contribution in [3.8, 4) is 23.3 Å². The highest BCUT2D eigenvalue weighted by atomic mass is 19.1. The van der Waals surface area contributed by atoms with Gasteiger partial charge in [0.2, 0.25) is 0 Å². The third kappa shape index (κ3) is 3.18. The molecule has 0 bridgehead atoms. The van der Waals surface area contributed by atoms with Gasteiger partial charge >= 0.3 is 0 Å². The van der Waals surface area contributed by atoms with E-state index in [4.69, 9.17) is 14.2 Å². The maximum absolute atomic E-state index is 13.9. The quantitative estimate of drug-likeness (QED) is 0.840. The molecule has 128 valence electrons. The monoisotopic (exact) mass is 339 g/mol. The highest BCUT2D eigenvalue weighted by Gasteiger charge is 2.21. The minimum atomic E-state index is -0.162. The molecule has 1 unspecified atom stereocenters. The first-order chi connectivity index (χ1) is 12.2. The van der Waals surface area contributed by atoms with Gasteiger partial charge < -0.3 is 14.2 Å². The van der Waals surface area contributed by atoms with E-state index in [9.17, 15) is 9.65 Å². The van der Waals surface area contributed by atoms with Crippen molar-refractivity contribution >= 4 is 0 Å². The normalized spacial score (nSPS) is 18.6. The molecule has 1 aliphatic carbocycles. The molecule has 1 heterocycles. The molecule has 0 radical (unpaired) electrons. The molecule has 1 saturated heterocycles. The molecule has 0 amide bonds. The summed E-state index contributed by atoms with van der Waals surface area (Å²) in [5, 5.41) is 9.29. The van der Waals surface area contributed by atoms with Gasteiger partial charge in [-0.05, 0) is 49.1 Å². The summed E-state index contributed by atoms with van der Waals surface area (Å²) in [6.45, 7) is 1.20. The van der Waals surface area contributed by atoms with Crippen LogP contribution in [-0.2, 0) is 17.6 Å². The largest absolute Gasteiger partial charge is 0.486 e. The van der Waals surface area contributed by atoms with E-state index in [0.717, 1.165) is 36.8 Å². The molecule has 4 nitrogen and oxygen atoms in total. The lowest BCUT2D eigenvalue weighted by molar-refractivity contribution is 0.141. The summed E-state index contributed by atoms with van der Waals surface area (Å²) in [6.07, 6.45) is 3.28. The smallest absolute Gasteiger partial charge is 0.141 e. The topological polar surface area (TPSA) is 51.5 Å². The SMILES string of the molecule is N#Cc1ccc(Oc2ccc(F)c3c2CCC3)cc1OC1CCOC1. The van der Waals surface area contributed by atoms with Gasteiger partial charge in [0.15, 0.2) is 0 Å². The van der Waals surface area contributed by atoms with Gasteiger partial charge in [-0.2, -0.15) is 5.26 Å². The Morgan fingerprint density at radius 1 is 1.12 bits per heavy atom. The molecule has 2 aromatic carbocycles. The van der Waals surface area contributed by atoms with Gasteiger partial charge in [-0.25, -0.2) is 4.39 Å². The lowest BCUT2D eigenvalue weighted by atomic mass is 10.1. The highest BCUT2D eigenvalue weighted by Crippen LogP contribution is 2.36. The molecular weight excluding hydrogens is 321 g/mol. The number of rotatable bonds is 4. The Morgan fingerprint density at radius 3 is 2.80 bits per heavy atom. The second-order valence-electron chi connectivity index (χ2n) is 6.33. The van der Waals surface area contributed by atoms with E-state index >= 15 is 0 Å². The first-order valence-electron chi connectivity index (χ1n) is 8.51. The van der Waals surface area contributed by atoms with E-state index in [1.807, 2.05) is 0 Å². The fourth-order valence-corrected chi connectivity index (χ4v) is 3.39. The molecule has 0 spiro atoms. The predicted molar refractivity (Wildman–Crippen MR) is 89.5 cm³/mol. The summed E-state index contributed by atoms with van der Waals surface area (Å²) < 4.78 is 31.1.